The fraction of sp³-hybridized carbons (Fsp3) is 0. The predicted octanol–water partition coefficient (Wildman–Crippen LogP) is 3.33. The fourth-order valence-corrected chi connectivity index (χ4v) is 3.29. The number of halogens is 1. The number of nitrogens with zero attached hydrogens (tertiary/aromatic N) is 1. The van der Waals surface area contributed by atoms with Gasteiger partial charge in [0.1, 0.15) is 17.1 Å². The van der Waals surface area contributed by atoms with Crippen LogP contribution < -0.4 is 10.4 Å². The molecule has 11 heteroatoms. The molecule has 0 aliphatic rings. The Labute approximate surface area is 167 Å². The van der Waals surface area contributed by atoms with Gasteiger partial charge in [0.2, 0.25) is 0 Å². The third kappa shape index (κ3) is 4.00. The van der Waals surface area contributed by atoms with Crippen LogP contribution >= 0.6 is 27.3 Å². The quantitative estimate of drug-likeness (QED) is 0.255. The fourth-order valence-electron chi connectivity index (χ4n) is 2.33. The molecule has 0 saturated carbocycles. The molecule has 2 N–H and O–H groups in total. The molecule has 0 unspecified atom stereocenters. The number of carbonyl (C=O) groups is 1. The van der Waals surface area contributed by atoms with E-state index in [9.17, 15) is 29.6 Å². The van der Waals surface area contributed by atoms with Crippen LogP contribution in [-0.4, -0.2) is 20.8 Å². The van der Waals surface area contributed by atoms with Crippen molar-refractivity contribution < 1.29 is 19.2 Å². The highest BCUT2D eigenvalue weighted by molar-refractivity contribution is 9.10. The number of hydrogen-bond donors (Lipinski definition) is 2. The second-order valence-corrected chi connectivity index (χ2v) is 7.22. The van der Waals surface area contributed by atoms with Gasteiger partial charge in [0.25, 0.3) is 11.2 Å². The number of H-pyrrole nitrogens is 1. The first-order valence-corrected chi connectivity index (χ1v) is 9.10. The summed E-state index contributed by atoms with van der Waals surface area (Å²) in [7, 11) is 0. The molecule has 3 aromatic rings. The van der Waals surface area contributed by atoms with Crippen molar-refractivity contribution in [1.29, 1.82) is 0 Å². The maximum atomic E-state index is 12.1. The minimum absolute atomic E-state index is 0.161. The van der Waals surface area contributed by atoms with Crippen LogP contribution in [0.3, 0.4) is 0 Å². The summed E-state index contributed by atoms with van der Waals surface area (Å²) in [6.45, 7) is 0. The molecule has 0 saturated heterocycles. The summed E-state index contributed by atoms with van der Waals surface area (Å²) in [4.78, 5) is 46.7. The molecular weight excluding hydrogens is 456 g/mol. The second-order valence-electron chi connectivity index (χ2n) is 5.34. The van der Waals surface area contributed by atoms with Crippen molar-refractivity contribution >= 4 is 44.8 Å². The largest absolute Gasteiger partial charge is 0.499 e. The van der Waals surface area contributed by atoms with E-state index in [1.807, 2.05) is 4.98 Å². The molecule has 28 heavy (non-hydrogen) atoms. The normalized spacial score (nSPS) is 11.0. The van der Waals surface area contributed by atoms with Crippen LogP contribution in [0.15, 0.2) is 54.9 Å². The molecule has 0 fully saturated rings. The highest BCUT2D eigenvalue weighted by Gasteiger charge is 2.19. The van der Waals surface area contributed by atoms with Crippen LogP contribution in [0.4, 0.5) is 5.69 Å². The van der Waals surface area contributed by atoms with E-state index >= 15 is 0 Å². The molecule has 0 aliphatic carbocycles. The number of furan rings is 1. The Balaban J connectivity index is 1.90. The van der Waals surface area contributed by atoms with E-state index in [2.05, 4.69) is 15.9 Å². The minimum atomic E-state index is -0.999. The van der Waals surface area contributed by atoms with Crippen molar-refractivity contribution in [2.45, 2.75) is 0 Å². The molecular formula is C17H9BrN2O7S. The number of aromatic amines is 1. The molecule has 0 amide bonds. The minimum Gasteiger partial charge on any atom is -0.499 e. The Bertz CT molecular complexity index is 1240. The SMILES string of the molecule is O=C(/C=C/c1ccc(-c2ccc(Br)cc2[N+](=O)[O-])o1)c1c(O)sc(=O)[nH]c1=O. The molecule has 0 radical (unpaired) electrons. The zero-order chi connectivity index (χ0) is 20.4. The zero-order valence-electron chi connectivity index (χ0n) is 13.7. The van der Waals surface area contributed by atoms with E-state index in [4.69, 9.17) is 4.42 Å². The van der Waals surface area contributed by atoms with Crippen LogP contribution in [0.1, 0.15) is 16.1 Å². The van der Waals surface area contributed by atoms with E-state index < -0.39 is 31.8 Å². The van der Waals surface area contributed by atoms with Gasteiger partial charge in [-0.3, -0.25) is 29.5 Å². The number of aromatic nitrogens is 1. The molecule has 142 valence electrons. The van der Waals surface area contributed by atoms with Crippen LogP contribution in [0, 0.1) is 10.1 Å². The van der Waals surface area contributed by atoms with Crippen molar-refractivity contribution in [3.8, 4) is 16.4 Å². The Morgan fingerprint density at radius 1 is 1.29 bits per heavy atom. The summed E-state index contributed by atoms with van der Waals surface area (Å²) in [6.07, 6.45) is 2.23. The molecule has 1 aromatic carbocycles. The number of allylic oxidation sites excluding steroid dienone is 1. The van der Waals surface area contributed by atoms with Crippen molar-refractivity contribution in [3.63, 3.8) is 0 Å². The number of aromatic hydroxyl groups is 1. The molecule has 3 rings (SSSR count). The van der Waals surface area contributed by atoms with Crippen LogP contribution in [-0.2, 0) is 0 Å². The summed E-state index contributed by atoms with van der Waals surface area (Å²) >= 11 is 3.50. The lowest BCUT2D eigenvalue weighted by molar-refractivity contribution is -0.384. The summed E-state index contributed by atoms with van der Waals surface area (Å²) in [5.41, 5.74) is -1.47. The molecule has 2 heterocycles. The highest BCUT2D eigenvalue weighted by atomic mass is 79.9. The van der Waals surface area contributed by atoms with Gasteiger partial charge in [-0.2, -0.15) is 0 Å². The third-order valence-electron chi connectivity index (χ3n) is 3.54. The Morgan fingerprint density at radius 3 is 2.71 bits per heavy atom. The van der Waals surface area contributed by atoms with E-state index in [0.717, 1.165) is 6.08 Å². The summed E-state index contributed by atoms with van der Waals surface area (Å²) < 4.78 is 6.05. The van der Waals surface area contributed by atoms with E-state index in [0.29, 0.717) is 15.8 Å². The monoisotopic (exact) mass is 464 g/mol. The molecule has 0 aliphatic heterocycles. The van der Waals surface area contributed by atoms with Crippen LogP contribution in [0.25, 0.3) is 17.4 Å². The first kappa shape index (κ1) is 19.5. The molecule has 0 atom stereocenters. The topological polar surface area (TPSA) is 144 Å². The van der Waals surface area contributed by atoms with Crippen molar-refractivity contribution in [2.24, 2.45) is 0 Å². The highest BCUT2D eigenvalue weighted by Crippen LogP contribution is 2.33. The van der Waals surface area contributed by atoms with Gasteiger partial charge >= 0.3 is 4.87 Å². The third-order valence-corrected chi connectivity index (χ3v) is 4.72. The van der Waals surface area contributed by atoms with Gasteiger partial charge in [-0.25, -0.2) is 0 Å². The molecule has 0 bridgehead atoms. The maximum absolute atomic E-state index is 12.1. The maximum Gasteiger partial charge on any atom is 0.310 e. The van der Waals surface area contributed by atoms with Crippen LogP contribution in [0.2, 0.25) is 0 Å². The Hall–Kier alpha value is -3.31. The molecule has 0 spiro atoms. The van der Waals surface area contributed by atoms with Crippen molar-refractivity contribution in [3.05, 3.63) is 82.3 Å². The predicted molar refractivity (Wildman–Crippen MR) is 105 cm³/mol. The van der Waals surface area contributed by atoms with Gasteiger partial charge in [0.15, 0.2) is 10.8 Å². The van der Waals surface area contributed by atoms with Gasteiger partial charge in [-0.15, -0.1) is 0 Å². The van der Waals surface area contributed by atoms with E-state index in [1.54, 1.807) is 6.07 Å². The lowest BCUT2D eigenvalue weighted by Crippen LogP contribution is -2.22. The summed E-state index contributed by atoms with van der Waals surface area (Å²) in [5, 5.41) is 20.2. The number of nitrogens with one attached hydrogen (secondary N) is 1. The summed E-state index contributed by atoms with van der Waals surface area (Å²) in [6, 6.07) is 7.47. The first-order chi connectivity index (χ1) is 13.3. The van der Waals surface area contributed by atoms with Gasteiger partial charge in [-0.1, -0.05) is 15.9 Å². The summed E-state index contributed by atoms with van der Waals surface area (Å²) in [5.74, 6) is -0.423. The van der Waals surface area contributed by atoms with Crippen molar-refractivity contribution in [2.75, 3.05) is 0 Å². The average Bonchev–Trinajstić information content (AvgIpc) is 3.07. The number of carbonyl (C=O) groups excluding carboxylic acids is 1. The Morgan fingerprint density at radius 2 is 2.04 bits per heavy atom. The van der Waals surface area contributed by atoms with Gasteiger partial charge in [0.05, 0.1) is 10.5 Å². The number of benzene rings is 1. The first-order valence-electron chi connectivity index (χ1n) is 7.49. The molecule has 2 aromatic heterocycles. The Kier molecular flexibility index (Phi) is 5.38. The smallest absolute Gasteiger partial charge is 0.310 e. The van der Waals surface area contributed by atoms with E-state index in [-0.39, 0.29) is 22.8 Å². The van der Waals surface area contributed by atoms with Gasteiger partial charge in [-0.05, 0) is 47.8 Å². The van der Waals surface area contributed by atoms with Gasteiger partial charge in [0, 0.05) is 10.5 Å². The second kappa shape index (κ2) is 7.74. The van der Waals surface area contributed by atoms with Crippen LogP contribution in [0.5, 0.6) is 5.06 Å². The number of nitro benzene ring substituents is 1. The van der Waals surface area contributed by atoms with Crippen molar-refractivity contribution in [1.82, 2.24) is 4.98 Å². The zero-order valence-corrected chi connectivity index (χ0v) is 16.1. The number of hydrogen-bond acceptors (Lipinski definition) is 8. The standard InChI is InChI=1S/C17H9BrN2O7S/c18-8-1-4-10(11(7-8)20(25)26)13-6-3-9(27-13)2-5-12(21)14-15(22)19-17(24)28-16(14)23/h1-7,23H,(H,19,22,24)/b5-2+. The number of ketones is 1. The lowest BCUT2D eigenvalue weighted by atomic mass is 10.1. The van der Waals surface area contributed by atoms with Gasteiger partial charge < -0.3 is 9.52 Å². The molecule has 9 nitrogen and oxygen atoms in total. The number of rotatable bonds is 5. The average molecular weight is 465 g/mol. The lowest BCUT2D eigenvalue weighted by Gasteiger charge is -2.00. The van der Waals surface area contributed by atoms with E-state index in [1.165, 1.54) is 30.3 Å². The number of nitro groups is 1.